The minimum Gasteiger partial charge on any atom is -0.337 e. The normalized spacial score (nSPS) is 19.4. The van der Waals surface area contributed by atoms with Gasteiger partial charge in [0, 0.05) is 38.4 Å². The lowest BCUT2D eigenvalue weighted by Crippen LogP contribution is -2.62. The van der Waals surface area contributed by atoms with Crippen molar-refractivity contribution < 1.29 is 9.59 Å². The highest BCUT2D eigenvalue weighted by Gasteiger charge is 2.37. The maximum atomic E-state index is 13.2. The van der Waals surface area contributed by atoms with Gasteiger partial charge in [0.05, 0.1) is 17.3 Å². The zero-order chi connectivity index (χ0) is 28.3. The average molecular weight is 539 g/mol. The molecule has 0 bridgehead atoms. The average Bonchev–Trinajstić information content (AvgIpc) is 2.89. The number of carbonyl (C=O) groups is 2. The van der Waals surface area contributed by atoms with Crippen molar-refractivity contribution in [3.05, 3.63) is 52.6 Å². The van der Waals surface area contributed by atoms with Gasteiger partial charge in [-0.05, 0) is 69.5 Å². The van der Waals surface area contributed by atoms with Gasteiger partial charge in [0.2, 0.25) is 5.91 Å². The molecular formula is C28H42N8O3. The van der Waals surface area contributed by atoms with Crippen LogP contribution in [0.1, 0.15) is 46.1 Å². The van der Waals surface area contributed by atoms with Gasteiger partial charge in [-0.25, -0.2) is 9.59 Å². The number of likely N-dealkylation sites (tertiary alicyclic amines) is 1. The van der Waals surface area contributed by atoms with Crippen molar-refractivity contribution in [2.24, 2.45) is 17.4 Å². The summed E-state index contributed by atoms with van der Waals surface area (Å²) in [6.07, 6.45) is 3.65. The molecule has 1 aromatic carbocycles. The number of benzene rings is 1. The number of piperidine rings is 1. The lowest BCUT2D eigenvalue weighted by Gasteiger charge is -2.44. The van der Waals surface area contributed by atoms with Gasteiger partial charge in [0.1, 0.15) is 5.82 Å². The molecule has 2 fully saturated rings. The van der Waals surface area contributed by atoms with Crippen molar-refractivity contribution in [2.45, 2.75) is 64.7 Å². The Morgan fingerprint density at radius 3 is 2.33 bits per heavy atom. The minimum atomic E-state index is -0.970. The van der Waals surface area contributed by atoms with Gasteiger partial charge in [-0.2, -0.15) is 4.98 Å². The van der Waals surface area contributed by atoms with Crippen molar-refractivity contribution >= 4 is 17.8 Å². The van der Waals surface area contributed by atoms with Gasteiger partial charge < -0.3 is 21.3 Å². The molecular weight excluding hydrogens is 496 g/mol. The van der Waals surface area contributed by atoms with E-state index >= 15 is 0 Å². The Kier molecular flexibility index (Phi) is 8.73. The van der Waals surface area contributed by atoms with Gasteiger partial charge in [-0.15, -0.1) is 0 Å². The second-order valence-electron chi connectivity index (χ2n) is 11.7. The minimum absolute atomic E-state index is 0.114. The first-order valence-corrected chi connectivity index (χ1v) is 13.7. The first-order valence-electron chi connectivity index (χ1n) is 13.7. The van der Waals surface area contributed by atoms with Crippen LogP contribution in [0.2, 0.25) is 0 Å². The van der Waals surface area contributed by atoms with Crippen LogP contribution in [0.5, 0.6) is 0 Å². The summed E-state index contributed by atoms with van der Waals surface area (Å²) in [5.41, 5.74) is 12.5. The van der Waals surface area contributed by atoms with E-state index in [4.69, 9.17) is 11.5 Å². The lowest BCUT2D eigenvalue weighted by atomic mass is 9.97. The topological polar surface area (TPSA) is 143 Å². The number of hydrogen-bond acceptors (Lipinski definition) is 7. The smallest absolute Gasteiger partial charge is 0.337 e. The monoisotopic (exact) mass is 538 g/mol. The number of nitrogens with one attached hydrogen (secondary N) is 1. The molecule has 2 aliphatic heterocycles. The fraction of sp³-hybridized carbons (Fsp3) is 0.571. The molecule has 4 rings (SSSR count). The molecule has 0 saturated carbocycles. The number of nitrogens with zero attached hydrogens (tertiary/aromatic N) is 5. The maximum absolute atomic E-state index is 13.2. The quantitative estimate of drug-likeness (QED) is 0.507. The molecule has 2 saturated heterocycles. The largest absolute Gasteiger partial charge is 0.354 e. The maximum Gasteiger partial charge on any atom is 0.354 e. The van der Waals surface area contributed by atoms with Crippen molar-refractivity contribution in [1.29, 1.82) is 0 Å². The number of aromatic nitrogens is 2. The molecule has 212 valence electrons. The Balaban J connectivity index is 1.39. The molecule has 2 aromatic rings. The standard InChI is InChI=1S/C28H42N8O3/c1-19(2)23-18-34(25(37)28(3,4)30)15-16-36(23)27(39)32-24-11-14-35(26(38)31-24)22-7-5-20(6-8-22)17-33-12-9-21(29)10-13-33/h5-8,11,14,19,21,23H,9-10,12-13,15-18,29-30H2,1-4H3,(H,31,32,38,39)/t23-/m1/s1. The van der Waals surface area contributed by atoms with Crippen LogP contribution in [-0.2, 0) is 11.3 Å². The predicted octanol–water partition coefficient (Wildman–Crippen LogP) is 1.59. The molecule has 0 radical (unpaired) electrons. The zero-order valence-corrected chi connectivity index (χ0v) is 23.5. The van der Waals surface area contributed by atoms with E-state index in [9.17, 15) is 14.4 Å². The summed E-state index contributed by atoms with van der Waals surface area (Å²) < 4.78 is 1.45. The van der Waals surface area contributed by atoms with Crippen LogP contribution >= 0.6 is 0 Å². The molecule has 0 spiro atoms. The van der Waals surface area contributed by atoms with Crippen LogP contribution in [0.4, 0.5) is 10.6 Å². The van der Waals surface area contributed by atoms with E-state index in [-0.39, 0.29) is 29.7 Å². The summed E-state index contributed by atoms with van der Waals surface area (Å²) in [5.74, 6) is 0.164. The van der Waals surface area contributed by atoms with E-state index in [1.807, 2.05) is 38.1 Å². The molecule has 1 atom stereocenters. The second kappa shape index (κ2) is 11.8. The predicted molar refractivity (Wildman–Crippen MR) is 152 cm³/mol. The van der Waals surface area contributed by atoms with Crippen LogP contribution in [-0.4, -0.2) is 86.5 Å². The molecule has 2 aliphatic rings. The summed E-state index contributed by atoms with van der Waals surface area (Å²) in [6.45, 7) is 11.4. The first kappa shape index (κ1) is 28.7. The molecule has 5 N–H and O–H groups in total. The van der Waals surface area contributed by atoms with E-state index in [2.05, 4.69) is 15.2 Å². The molecule has 39 heavy (non-hydrogen) atoms. The fourth-order valence-electron chi connectivity index (χ4n) is 5.21. The number of piperazine rings is 1. The van der Waals surface area contributed by atoms with Crippen LogP contribution in [0.15, 0.2) is 41.3 Å². The number of anilines is 1. The molecule has 0 aliphatic carbocycles. The molecule has 3 amide bonds. The van der Waals surface area contributed by atoms with Crippen LogP contribution in [0.3, 0.4) is 0 Å². The summed E-state index contributed by atoms with van der Waals surface area (Å²) in [5, 5.41) is 2.77. The number of rotatable bonds is 6. The third-order valence-corrected chi connectivity index (χ3v) is 7.58. The SMILES string of the molecule is CC(C)[C@H]1CN(C(=O)C(C)(C)N)CCN1C(=O)Nc1ccn(-c2ccc(CN3CCC(N)CC3)cc2)c(=O)n1. The Bertz CT molecular complexity index is 1210. The molecule has 11 nitrogen and oxygen atoms in total. The Labute approximate surface area is 230 Å². The Morgan fingerprint density at radius 1 is 1.08 bits per heavy atom. The van der Waals surface area contributed by atoms with E-state index in [0.717, 1.165) is 32.5 Å². The van der Waals surface area contributed by atoms with Gasteiger partial charge in [-0.1, -0.05) is 26.0 Å². The van der Waals surface area contributed by atoms with E-state index < -0.39 is 11.2 Å². The number of amides is 3. The van der Waals surface area contributed by atoms with Crippen molar-refractivity contribution in [2.75, 3.05) is 38.0 Å². The zero-order valence-electron chi connectivity index (χ0n) is 23.5. The van der Waals surface area contributed by atoms with Crippen LogP contribution in [0, 0.1) is 5.92 Å². The third-order valence-electron chi connectivity index (χ3n) is 7.58. The molecule has 11 heteroatoms. The van der Waals surface area contributed by atoms with E-state index in [1.54, 1.807) is 35.9 Å². The number of hydrogen-bond donors (Lipinski definition) is 3. The van der Waals surface area contributed by atoms with Gasteiger partial charge in [-0.3, -0.25) is 19.6 Å². The van der Waals surface area contributed by atoms with Crippen molar-refractivity contribution in [1.82, 2.24) is 24.3 Å². The lowest BCUT2D eigenvalue weighted by molar-refractivity contribution is -0.138. The summed E-state index contributed by atoms with van der Waals surface area (Å²) in [6, 6.07) is 9.24. The molecule has 1 aromatic heterocycles. The third kappa shape index (κ3) is 7.03. The van der Waals surface area contributed by atoms with E-state index in [1.165, 1.54) is 10.1 Å². The fourth-order valence-corrected chi connectivity index (χ4v) is 5.21. The number of nitrogens with two attached hydrogens (primary N) is 2. The van der Waals surface area contributed by atoms with E-state index in [0.29, 0.717) is 31.4 Å². The van der Waals surface area contributed by atoms with Gasteiger partial charge in [0.25, 0.3) is 0 Å². The second-order valence-corrected chi connectivity index (χ2v) is 11.7. The first-order chi connectivity index (χ1) is 18.4. The molecule has 0 unspecified atom stereocenters. The molecule has 3 heterocycles. The highest BCUT2D eigenvalue weighted by Crippen LogP contribution is 2.21. The van der Waals surface area contributed by atoms with Crippen LogP contribution in [0.25, 0.3) is 5.69 Å². The highest BCUT2D eigenvalue weighted by molar-refractivity contribution is 5.89. The number of carbonyl (C=O) groups excluding carboxylic acids is 2. The van der Waals surface area contributed by atoms with Crippen molar-refractivity contribution in [3.8, 4) is 5.69 Å². The Hall–Kier alpha value is -3.28. The summed E-state index contributed by atoms with van der Waals surface area (Å²) >= 11 is 0. The van der Waals surface area contributed by atoms with Crippen molar-refractivity contribution in [3.63, 3.8) is 0 Å². The Morgan fingerprint density at radius 2 is 1.74 bits per heavy atom. The highest BCUT2D eigenvalue weighted by atomic mass is 16.2. The van der Waals surface area contributed by atoms with Crippen LogP contribution < -0.4 is 22.5 Å². The van der Waals surface area contributed by atoms with Gasteiger partial charge in [0.15, 0.2) is 0 Å². The number of urea groups is 1. The summed E-state index contributed by atoms with van der Waals surface area (Å²) in [7, 11) is 0. The summed E-state index contributed by atoms with van der Waals surface area (Å²) in [4.78, 5) is 48.6. The van der Waals surface area contributed by atoms with Gasteiger partial charge >= 0.3 is 11.7 Å².